The highest BCUT2D eigenvalue weighted by Crippen LogP contribution is 2.28. The van der Waals surface area contributed by atoms with Crippen LogP contribution in [0.1, 0.15) is 36.5 Å². The van der Waals surface area contributed by atoms with Crippen LogP contribution in [0.3, 0.4) is 0 Å². The van der Waals surface area contributed by atoms with E-state index in [4.69, 9.17) is 0 Å². The molecule has 4 N–H and O–H groups in total. The van der Waals surface area contributed by atoms with E-state index < -0.39 is 0 Å². The minimum Gasteiger partial charge on any atom is -0.367 e. The molecule has 0 saturated heterocycles. The largest absolute Gasteiger partial charge is 0.367 e. The van der Waals surface area contributed by atoms with Crippen LogP contribution >= 0.6 is 0 Å². The van der Waals surface area contributed by atoms with Crippen molar-refractivity contribution in [1.82, 2.24) is 15.3 Å². The molecule has 1 saturated carbocycles. The zero-order valence-corrected chi connectivity index (χ0v) is 15.7. The molecule has 1 aromatic carbocycles. The maximum atomic E-state index is 12.4. The molecule has 1 aliphatic carbocycles. The molecule has 1 amide bonds. The van der Waals surface area contributed by atoms with E-state index in [1.807, 2.05) is 31.2 Å². The molecule has 1 aliphatic rings. The molecular formula is C21H23N5O2. The lowest BCUT2D eigenvalue weighted by atomic mass is 10.1. The average Bonchev–Trinajstić information content (AvgIpc) is 3.50. The maximum Gasteiger partial charge on any atom is 0.259 e. The molecule has 7 nitrogen and oxygen atoms in total. The van der Waals surface area contributed by atoms with Gasteiger partial charge in [0.2, 0.25) is 0 Å². The normalized spacial score (nSPS) is 13.3. The molecular weight excluding hydrogens is 354 g/mol. The number of fused-ring (bicyclic) bond motifs is 1. The first-order valence-electron chi connectivity index (χ1n) is 9.58. The summed E-state index contributed by atoms with van der Waals surface area (Å²) >= 11 is 0. The van der Waals surface area contributed by atoms with Crippen molar-refractivity contribution in [2.24, 2.45) is 0 Å². The molecule has 3 aromatic rings. The lowest BCUT2D eigenvalue weighted by Gasteiger charge is -2.12. The van der Waals surface area contributed by atoms with Crippen LogP contribution in [-0.4, -0.2) is 28.5 Å². The number of aromatic amines is 1. The zero-order chi connectivity index (χ0) is 19.5. The third-order valence-corrected chi connectivity index (χ3v) is 4.63. The van der Waals surface area contributed by atoms with Gasteiger partial charge in [-0.2, -0.15) is 0 Å². The van der Waals surface area contributed by atoms with Crippen molar-refractivity contribution in [1.29, 1.82) is 0 Å². The van der Waals surface area contributed by atoms with E-state index in [1.165, 1.54) is 0 Å². The molecule has 0 aliphatic heterocycles. The van der Waals surface area contributed by atoms with Crippen molar-refractivity contribution in [2.45, 2.75) is 32.2 Å². The summed E-state index contributed by atoms with van der Waals surface area (Å²) in [4.78, 5) is 31.7. The maximum absolute atomic E-state index is 12.4. The number of benzene rings is 1. The number of rotatable bonds is 7. The van der Waals surface area contributed by atoms with E-state index in [1.54, 1.807) is 18.3 Å². The molecule has 2 aromatic heterocycles. The summed E-state index contributed by atoms with van der Waals surface area (Å²) in [6, 6.07) is 11.4. The van der Waals surface area contributed by atoms with Crippen LogP contribution in [0.15, 0.2) is 47.4 Å². The van der Waals surface area contributed by atoms with Crippen LogP contribution in [0.5, 0.6) is 0 Å². The van der Waals surface area contributed by atoms with Crippen molar-refractivity contribution in [3.05, 3.63) is 58.5 Å². The number of carbonyl (C=O) groups is 1. The third-order valence-electron chi connectivity index (χ3n) is 4.63. The number of anilines is 3. The smallest absolute Gasteiger partial charge is 0.259 e. The summed E-state index contributed by atoms with van der Waals surface area (Å²) in [6.45, 7) is 2.66. The first kappa shape index (κ1) is 18.0. The summed E-state index contributed by atoms with van der Waals surface area (Å²) in [5, 5.41) is 10.8. The van der Waals surface area contributed by atoms with E-state index in [0.29, 0.717) is 29.4 Å². The van der Waals surface area contributed by atoms with E-state index >= 15 is 0 Å². The Bertz CT molecular complexity index is 1050. The van der Waals surface area contributed by atoms with Gasteiger partial charge in [-0.25, -0.2) is 4.98 Å². The summed E-state index contributed by atoms with van der Waals surface area (Å²) in [5.74, 6) is 1.15. The first-order chi connectivity index (χ1) is 13.6. The number of hydrogen-bond donors (Lipinski definition) is 4. The lowest BCUT2D eigenvalue weighted by Crippen LogP contribution is -2.23. The van der Waals surface area contributed by atoms with Crippen LogP contribution in [0, 0.1) is 0 Å². The number of hydrogen-bond acceptors (Lipinski definition) is 5. The summed E-state index contributed by atoms with van der Waals surface area (Å²) in [5.41, 5.74) is 1.16. The fraction of sp³-hybridized carbons (Fsp3) is 0.286. The van der Waals surface area contributed by atoms with Gasteiger partial charge in [-0.1, -0.05) is 6.92 Å². The Balaban J connectivity index is 1.63. The molecule has 4 rings (SSSR count). The summed E-state index contributed by atoms with van der Waals surface area (Å²) in [6.07, 6.45) is 4.81. The van der Waals surface area contributed by atoms with Gasteiger partial charge in [0.05, 0.1) is 5.39 Å². The number of H-pyrrole nitrogens is 1. The Kier molecular flexibility index (Phi) is 4.97. The van der Waals surface area contributed by atoms with Crippen molar-refractivity contribution in [3.8, 4) is 0 Å². The highest BCUT2D eigenvalue weighted by atomic mass is 16.1. The fourth-order valence-electron chi connectivity index (χ4n) is 3.00. The Morgan fingerprint density at radius 1 is 1.21 bits per heavy atom. The van der Waals surface area contributed by atoms with Gasteiger partial charge < -0.3 is 20.9 Å². The van der Waals surface area contributed by atoms with Gasteiger partial charge in [0.15, 0.2) is 0 Å². The fourth-order valence-corrected chi connectivity index (χ4v) is 3.00. The van der Waals surface area contributed by atoms with Gasteiger partial charge >= 0.3 is 0 Å². The second kappa shape index (κ2) is 7.72. The summed E-state index contributed by atoms with van der Waals surface area (Å²) in [7, 11) is 0. The standard InChI is InChI=1S/C21H23N5O2/c1-2-10-22-20(27)13-3-5-16(6-4-13)25-19-18-14(9-11-23-21(18)28)12-17(26-19)24-15-7-8-15/h3-6,9,11-12,15H,2,7-8,10H2,1H3,(H,22,27)(H,23,28)(H2,24,25,26). The number of pyridine rings is 2. The van der Waals surface area contributed by atoms with Crippen LogP contribution in [-0.2, 0) is 0 Å². The Hall–Kier alpha value is -3.35. The van der Waals surface area contributed by atoms with Crippen molar-refractivity contribution >= 4 is 34.0 Å². The number of nitrogens with one attached hydrogen (secondary N) is 4. The first-order valence-corrected chi connectivity index (χ1v) is 9.58. The van der Waals surface area contributed by atoms with E-state index in [0.717, 1.165) is 36.2 Å². The van der Waals surface area contributed by atoms with Gasteiger partial charge in [0.25, 0.3) is 11.5 Å². The van der Waals surface area contributed by atoms with Gasteiger partial charge in [0, 0.05) is 30.0 Å². The minimum absolute atomic E-state index is 0.0935. The Morgan fingerprint density at radius 2 is 2.00 bits per heavy atom. The Labute approximate surface area is 162 Å². The Morgan fingerprint density at radius 3 is 2.71 bits per heavy atom. The van der Waals surface area contributed by atoms with Crippen molar-refractivity contribution in [3.63, 3.8) is 0 Å². The second-order valence-electron chi connectivity index (χ2n) is 7.00. The third kappa shape index (κ3) is 3.98. The molecule has 7 heteroatoms. The van der Waals surface area contributed by atoms with Gasteiger partial charge in [-0.05, 0) is 61.0 Å². The van der Waals surface area contributed by atoms with E-state index in [-0.39, 0.29) is 11.5 Å². The number of carbonyl (C=O) groups excluding carboxylic acids is 1. The monoisotopic (exact) mass is 377 g/mol. The molecule has 0 spiro atoms. The predicted octanol–water partition coefficient (Wildman–Crippen LogP) is 3.38. The molecule has 1 fully saturated rings. The minimum atomic E-state index is -0.193. The zero-order valence-electron chi connectivity index (χ0n) is 15.7. The lowest BCUT2D eigenvalue weighted by molar-refractivity contribution is 0.0953. The molecule has 0 unspecified atom stereocenters. The van der Waals surface area contributed by atoms with Crippen molar-refractivity contribution in [2.75, 3.05) is 17.2 Å². The number of amides is 1. The molecule has 0 atom stereocenters. The molecule has 0 bridgehead atoms. The predicted molar refractivity (Wildman–Crippen MR) is 111 cm³/mol. The van der Waals surface area contributed by atoms with E-state index in [2.05, 4.69) is 25.9 Å². The van der Waals surface area contributed by atoms with E-state index in [9.17, 15) is 9.59 Å². The van der Waals surface area contributed by atoms with Gasteiger partial charge in [-0.3, -0.25) is 9.59 Å². The number of aromatic nitrogens is 2. The number of nitrogens with zero attached hydrogens (tertiary/aromatic N) is 1. The van der Waals surface area contributed by atoms with Gasteiger partial charge in [0.1, 0.15) is 11.6 Å². The topological polar surface area (TPSA) is 98.9 Å². The van der Waals surface area contributed by atoms with Crippen LogP contribution in [0.4, 0.5) is 17.3 Å². The van der Waals surface area contributed by atoms with Gasteiger partial charge in [-0.15, -0.1) is 0 Å². The highest BCUT2D eigenvalue weighted by Gasteiger charge is 2.22. The van der Waals surface area contributed by atoms with Crippen LogP contribution in [0.25, 0.3) is 10.8 Å². The molecule has 2 heterocycles. The summed E-state index contributed by atoms with van der Waals surface area (Å²) < 4.78 is 0. The molecule has 28 heavy (non-hydrogen) atoms. The quantitative estimate of drug-likeness (QED) is 0.506. The average molecular weight is 377 g/mol. The van der Waals surface area contributed by atoms with Crippen LogP contribution in [0.2, 0.25) is 0 Å². The van der Waals surface area contributed by atoms with Crippen molar-refractivity contribution < 1.29 is 4.79 Å². The SMILES string of the molecule is CCCNC(=O)c1ccc(Nc2nc(NC3CC3)cc3cc[nH]c(=O)c23)cc1. The highest BCUT2D eigenvalue weighted by molar-refractivity contribution is 5.96. The van der Waals surface area contributed by atoms with Crippen LogP contribution < -0.4 is 21.5 Å². The molecule has 144 valence electrons. The second-order valence-corrected chi connectivity index (χ2v) is 7.00. The molecule has 0 radical (unpaired) electrons.